The third-order valence-electron chi connectivity index (χ3n) is 5.00. The Morgan fingerprint density at radius 1 is 0.900 bits per heavy atom. The first-order valence-electron chi connectivity index (χ1n) is 10.1. The van der Waals surface area contributed by atoms with Gasteiger partial charge in [0.05, 0.1) is 13.2 Å². The van der Waals surface area contributed by atoms with Crippen LogP contribution >= 0.6 is 0 Å². The highest BCUT2D eigenvalue weighted by molar-refractivity contribution is 6.02. The first kappa shape index (κ1) is 20.0. The molecule has 0 bridgehead atoms. The highest BCUT2D eigenvalue weighted by atomic mass is 16.5. The number of ether oxygens (including phenoxy) is 1. The molecule has 0 radical (unpaired) electrons. The number of carbonyl (C=O) groups excluding carboxylic acids is 1. The van der Waals surface area contributed by atoms with Crippen LogP contribution in [0.5, 0.6) is 0 Å². The van der Waals surface area contributed by atoms with E-state index in [1.54, 1.807) is 12.1 Å². The van der Waals surface area contributed by atoms with Gasteiger partial charge < -0.3 is 15.4 Å². The minimum absolute atomic E-state index is 0.275. The van der Waals surface area contributed by atoms with Gasteiger partial charge in [-0.05, 0) is 35.4 Å². The summed E-state index contributed by atoms with van der Waals surface area (Å²) in [6.45, 7) is 5.05. The van der Waals surface area contributed by atoms with Crippen LogP contribution in [0.25, 0.3) is 0 Å². The van der Waals surface area contributed by atoms with Crippen LogP contribution in [0.1, 0.15) is 21.6 Å². The number of hydrogen-bond donors (Lipinski definition) is 2. The molecule has 4 rings (SSSR count). The molecule has 0 saturated carbocycles. The number of rotatable bonds is 7. The predicted octanol–water partition coefficient (Wildman–Crippen LogP) is 3.17. The molecule has 1 aromatic heterocycles. The SMILES string of the molecule is O=C(Nc1ccccc1)c1ccc(NCc2ccccc2CN2CCOCC2)nn1. The summed E-state index contributed by atoms with van der Waals surface area (Å²) in [6.07, 6.45) is 0. The Morgan fingerprint density at radius 3 is 2.37 bits per heavy atom. The molecule has 30 heavy (non-hydrogen) atoms. The molecule has 2 aromatic carbocycles. The second kappa shape index (κ2) is 9.96. The molecule has 2 heterocycles. The predicted molar refractivity (Wildman–Crippen MR) is 116 cm³/mol. The van der Waals surface area contributed by atoms with E-state index in [0.29, 0.717) is 12.4 Å². The van der Waals surface area contributed by atoms with Crippen LogP contribution in [-0.4, -0.2) is 47.3 Å². The van der Waals surface area contributed by atoms with Gasteiger partial charge in [-0.25, -0.2) is 0 Å². The molecule has 1 fully saturated rings. The fraction of sp³-hybridized carbons (Fsp3) is 0.261. The Hall–Kier alpha value is -3.29. The molecular formula is C23H25N5O2. The fourth-order valence-electron chi connectivity index (χ4n) is 3.33. The molecule has 0 atom stereocenters. The summed E-state index contributed by atoms with van der Waals surface area (Å²) >= 11 is 0. The number of amides is 1. The van der Waals surface area contributed by atoms with Gasteiger partial charge in [-0.2, -0.15) is 0 Å². The second-order valence-corrected chi connectivity index (χ2v) is 7.13. The van der Waals surface area contributed by atoms with Crippen molar-refractivity contribution < 1.29 is 9.53 Å². The van der Waals surface area contributed by atoms with E-state index in [9.17, 15) is 4.79 Å². The average Bonchev–Trinajstić information content (AvgIpc) is 2.80. The highest BCUT2D eigenvalue weighted by Crippen LogP contribution is 2.15. The van der Waals surface area contributed by atoms with E-state index in [2.05, 4.69) is 43.9 Å². The van der Waals surface area contributed by atoms with E-state index in [1.807, 2.05) is 36.4 Å². The Bertz CT molecular complexity index is 957. The summed E-state index contributed by atoms with van der Waals surface area (Å²) in [4.78, 5) is 14.7. The molecule has 7 heteroatoms. The first-order chi connectivity index (χ1) is 14.8. The van der Waals surface area contributed by atoms with Gasteiger partial charge in [-0.15, -0.1) is 10.2 Å². The number of hydrogen-bond acceptors (Lipinski definition) is 6. The first-order valence-corrected chi connectivity index (χ1v) is 10.1. The molecule has 0 aliphatic carbocycles. The van der Waals surface area contributed by atoms with E-state index < -0.39 is 0 Å². The molecule has 0 unspecified atom stereocenters. The van der Waals surface area contributed by atoms with Crippen LogP contribution < -0.4 is 10.6 Å². The smallest absolute Gasteiger partial charge is 0.276 e. The van der Waals surface area contributed by atoms with Crippen molar-refractivity contribution in [1.29, 1.82) is 0 Å². The molecule has 0 spiro atoms. The summed E-state index contributed by atoms with van der Waals surface area (Å²) in [5, 5.41) is 14.3. The number of morpholine rings is 1. The summed E-state index contributed by atoms with van der Waals surface area (Å²) in [5.74, 6) is 0.351. The summed E-state index contributed by atoms with van der Waals surface area (Å²) in [7, 11) is 0. The average molecular weight is 403 g/mol. The fourth-order valence-corrected chi connectivity index (χ4v) is 3.33. The van der Waals surface area contributed by atoms with Gasteiger partial charge in [0.15, 0.2) is 5.69 Å². The van der Waals surface area contributed by atoms with Crippen LogP contribution in [-0.2, 0) is 17.8 Å². The summed E-state index contributed by atoms with van der Waals surface area (Å²) in [6, 6.07) is 21.1. The molecule has 154 valence electrons. The monoisotopic (exact) mass is 403 g/mol. The van der Waals surface area contributed by atoms with E-state index in [-0.39, 0.29) is 11.6 Å². The minimum atomic E-state index is -0.281. The van der Waals surface area contributed by atoms with Gasteiger partial charge in [0, 0.05) is 31.9 Å². The topological polar surface area (TPSA) is 79.4 Å². The molecule has 7 nitrogen and oxygen atoms in total. The molecule has 2 N–H and O–H groups in total. The second-order valence-electron chi connectivity index (χ2n) is 7.13. The van der Waals surface area contributed by atoms with Gasteiger partial charge in [-0.3, -0.25) is 9.69 Å². The van der Waals surface area contributed by atoms with Crippen LogP contribution in [0.3, 0.4) is 0 Å². The highest BCUT2D eigenvalue weighted by Gasteiger charge is 2.13. The van der Waals surface area contributed by atoms with Crippen molar-refractivity contribution in [2.24, 2.45) is 0 Å². The summed E-state index contributed by atoms with van der Waals surface area (Å²) in [5.41, 5.74) is 3.51. The lowest BCUT2D eigenvalue weighted by Crippen LogP contribution is -2.35. The van der Waals surface area contributed by atoms with Crippen molar-refractivity contribution in [2.45, 2.75) is 13.1 Å². The largest absolute Gasteiger partial charge is 0.379 e. The van der Waals surface area contributed by atoms with Gasteiger partial charge in [0.25, 0.3) is 5.91 Å². The molecule has 1 amide bonds. The van der Waals surface area contributed by atoms with Gasteiger partial charge >= 0.3 is 0 Å². The van der Waals surface area contributed by atoms with E-state index in [4.69, 9.17) is 4.74 Å². The van der Waals surface area contributed by atoms with Crippen molar-refractivity contribution in [3.05, 3.63) is 83.6 Å². The number of para-hydroxylation sites is 1. The zero-order chi connectivity index (χ0) is 20.6. The van der Waals surface area contributed by atoms with Gasteiger partial charge in [0.2, 0.25) is 0 Å². The number of aromatic nitrogens is 2. The van der Waals surface area contributed by atoms with E-state index >= 15 is 0 Å². The number of anilines is 2. The van der Waals surface area contributed by atoms with E-state index in [1.165, 1.54) is 11.1 Å². The normalized spacial score (nSPS) is 14.3. The van der Waals surface area contributed by atoms with Crippen molar-refractivity contribution in [3.8, 4) is 0 Å². The maximum Gasteiger partial charge on any atom is 0.276 e. The zero-order valence-electron chi connectivity index (χ0n) is 16.8. The van der Waals surface area contributed by atoms with Gasteiger partial charge in [0.1, 0.15) is 5.82 Å². The van der Waals surface area contributed by atoms with Crippen molar-refractivity contribution in [2.75, 3.05) is 36.9 Å². The maximum atomic E-state index is 12.3. The number of carbonyl (C=O) groups is 1. The van der Waals surface area contributed by atoms with Crippen molar-refractivity contribution >= 4 is 17.4 Å². The van der Waals surface area contributed by atoms with Crippen molar-refractivity contribution in [3.63, 3.8) is 0 Å². The number of benzene rings is 2. The summed E-state index contributed by atoms with van der Waals surface area (Å²) < 4.78 is 5.43. The van der Waals surface area contributed by atoms with Crippen LogP contribution in [0, 0.1) is 0 Å². The molecule has 1 aliphatic heterocycles. The standard InChI is InChI=1S/C23H25N5O2/c29-23(25-20-8-2-1-3-9-20)21-10-11-22(27-26-21)24-16-18-6-4-5-7-19(18)17-28-12-14-30-15-13-28/h1-11H,12-17H2,(H,24,27)(H,25,29). The number of nitrogens with one attached hydrogen (secondary N) is 2. The Kier molecular flexibility index (Phi) is 6.64. The lowest BCUT2D eigenvalue weighted by molar-refractivity contribution is 0.0341. The molecule has 3 aromatic rings. The lowest BCUT2D eigenvalue weighted by atomic mass is 10.1. The van der Waals surface area contributed by atoms with Crippen LogP contribution in [0.15, 0.2) is 66.7 Å². The van der Waals surface area contributed by atoms with Crippen LogP contribution in [0.4, 0.5) is 11.5 Å². The number of nitrogens with zero attached hydrogens (tertiary/aromatic N) is 3. The molecular weight excluding hydrogens is 378 g/mol. The third-order valence-corrected chi connectivity index (χ3v) is 5.00. The Balaban J connectivity index is 1.34. The van der Waals surface area contributed by atoms with Gasteiger partial charge in [-0.1, -0.05) is 42.5 Å². The van der Waals surface area contributed by atoms with Crippen LogP contribution in [0.2, 0.25) is 0 Å². The van der Waals surface area contributed by atoms with E-state index in [0.717, 1.165) is 38.5 Å². The zero-order valence-corrected chi connectivity index (χ0v) is 16.8. The Morgan fingerprint density at radius 2 is 1.63 bits per heavy atom. The molecule has 1 saturated heterocycles. The Labute approximate surface area is 176 Å². The quantitative estimate of drug-likeness (QED) is 0.631. The lowest BCUT2D eigenvalue weighted by Gasteiger charge is -2.27. The molecule has 1 aliphatic rings. The van der Waals surface area contributed by atoms with Crippen molar-refractivity contribution in [1.82, 2.24) is 15.1 Å². The third kappa shape index (κ3) is 5.40. The minimum Gasteiger partial charge on any atom is -0.379 e. The maximum absolute atomic E-state index is 12.3.